The number of nitrogens with one attached hydrogen (secondary N) is 4. The number of carbonyl (C=O) groups excluding carboxylic acids is 2. The number of ether oxygens (including phenoxy) is 2. The van der Waals surface area contributed by atoms with Gasteiger partial charge in [0.1, 0.15) is 11.5 Å². The van der Waals surface area contributed by atoms with E-state index < -0.39 is 56.9 Å². The monoisotopic (exact) mass is 750 g/mol. The van der Waals surface area contributed by atoms with Crippen molar-refractivity contribution in [1.82, 2.24) is 0 Å². The smallest absolute Gasteiger partial charge is 0.429 e. The summed E-state index contributed by atoms with van der Waals surface area (Å²) in [4.78, 5) is 24.4. The highest BCUT2D eigenvalue weighted by atomic mass is 35.5. The van der Waals surface area contributed by atoms with Crippen molar-refractivity contribution in [1.29, 1.82) is 0 Å². The molecule has 0 aromatic heterocycles. The molecule has 10 nitrogen and oxygen atoms in total. The molecule has 0 bridgehead atoms. The number of sulfone groups is 1. The van der Waals surface area contributed by atoms with Crippen molar-refractivity contribution in [2.45, 2.75) is 33.3 Å². The van der Waals surface area contributed by atoms with Gasteiger partial charge in [0.05, 0.1) is 9.79 Å². The summed E-state index contributed by atoms with van der Waals surface area (Å²) in [6.45, 7) is 0. The first-order valence-corrected chi connectivity index (χ1v) is 15.8. The number of rotatable bonds is 12. The van der Waals surface area contributed by atoms with E-state index in [0.29, 0.717) is 0 Å². The van der Waals surface area contributed by atoms with Gasteiger partial charge in [-0.05, 0) is 97.1 Å². The van der Waals surface area contributed by atoms with E-state index in [1.165, 1.54) is 72.8 Å². The summed E-state index contributed by atoms with van der Waals surface area (Å²) >= 11 is 9.49. The molecule has 0 aliphatic heterocycles. The molecule has 0 saturated heterocycles. The van der Waals surface area contributed by atoms with E-state index >= 15 is 0 Å². The molecule has 0 fully saturated rings. The van der Waals surface area contributed by atoms with E-state index in [4.69, 9.17) is 23.2 Å². The van der Waals surface area contributed by atoms with Crippen molar-refractivity contribution in [2.24, 2.45) is 0 Å². The summed E-state index contributed by atoms with van der Waals surface area (Å²) in [6, 6.07) is 17.9. The van der Waals surface area contributed by atoms with E-state index in [1.807, 2.05) is 0 Å². The van der Waals surface area contributed by atoms with Crippen LogP contribution in [0.25, 0.3) is 0 Å². The highest BCUT2D eigenvalue weighted by molar-refractivity contribution is 7.91. The molecule has 4 amide bonds. The fraction of sp³-hybridized carbons (Fsp3) is 0.133. The van der Waals surface area contributed by atoms with Crippen LogP contribution >= 0.6 is 23.2 Å². The predicted molar refractivity (Wildman–Crippen MR) is 169 cm³/mol. The Bertz CT molecular complexity index is 1740. The molecular formula is C30H22Cl2F6N4O6S. The molecule has 2 unspecified atom stereocenters. The molecule has 4 aromatic rings. The van der Waals surface area contributed by atoms with E-state index in [0.717, 1.165) is 24.3 Å². The zero-order valence-electron chi connectivity index (χ0n) is 24.3. The average Bonchev–Trinajstić information content (AvgIpc) is 3.03. The molecule has 49 heavy (non-hydrogen) atoms. The van der Waals surface area contributed by atoms with Gasteiger partial charge >= 0.3 is 24.3 Å². The molecule has 260 valence electrons. The quantitative estimate of drug-likeness (QED) is 0.0845. The minimum atomic E-state index is -4.26. The van der Waals surface area contributed by atoms with Gasteiger partial charge < -0.3 is 30.7 Å². The standard InChI is InChI=1S/C30H22Cl2F6N4O6S/c31-25(33)29(35,36)47-21-9-1-17(2-10-21)39-27(43)41-19-5-13-23(14-6-19)49(45,46)24-15-7-20(8-16-24)42-28(44)40-18-3-11-22(12-4-18)48-30(37,38)26(32)34/h1-16,25-26H,(H2,39,41,43)(H2,40,42,44). The van der Waals surface area contributed by atoms with Crippen molar-refractivity contribution >= 4 is 67.9 Å². The zero-order chi connectivity index (χ0) is 36.0. The molecule has 4 aromatic carbocycles. The fourth-order valence-electron chi connectivity index (χ4n) is 3.77. The van der Waals surface area contributed by atoms with Crippen LogP contribution < -0.4 is 30.7 Å². The average molecular weight is 751 g/mol. The van der Waals surface area contributed by atoms with Crippen LogP contribution in [0, 0.1) is 0 Å². The second kappa shape index (κ2) is 15.1. The van der Waals surface area contributed by atoms with Crippen molar-refractivity contribution in [3.8, 4) is 11.5 Å². The maximum atomic E-state index is 13.3. The third-order valence-corrected chi connectivity index (χ3v) is 8.38. The van der Waals surface area contributed by atoms with Crippen LogP contribution in [0.2, 0.25) is 0 Å². The summed E-state index contributed by atoms with van der Waals surface area (Å²) < 4.78 is 113. The van der Waals surface area contributed by atoms with Gasteiger partial charge in [-0.3, -0.25) is 0 Å². The topological polar surface area (TPSA) is 135 Å². The van der Waals surface area contributed by atoms with Crippen LogP contribution in [0.15, 0.2) is 107 Å². The Hall–Kier alpha value is -4.87. The number of carbonyl (C=O) groups is 2. The Kier molecular flexibility index (Phi) is 11.4. The van der Waals surface area contributed by atoms with Gasteiger partial charge in [0.2, 0.25) is 9.84 Å². The summed E-state index contributed by atoms with van der Waals surface area (Å²) in [5, 5.41) is 9.80. The molecule has 4 N–H and O–H groups in total. The molecule has 0 aliphatic carbocycles. The maximum absolute atomic E-state index is 13.3. The molecular weight excluding hydrogens is 729 g/mol. The third-order valence-electron chi connectivity index (χ3n) is 6.09. The fourth-order valence-corrected chi connectivity index (χ4v) is 5.12. The van der Waals surface area contributed by atoms with Crippen LogP contribution in [0.4, 0.5) is 58.7 Å². The lowest BCUT2D eigenvalue weighted by Crippen LogP contribution is -2.32. The lowest BCUT2D eigenvalue weighted by Gasteiger charge is -2.17. The molecule has 2 atom stereocenters. The Morgan fingerprint density at radius 3 is 1.02 bits per heavy atom. The molecule has 0 heterocycles. The Morgan fingerprint density at radius 2 is 0.776 bits per heavy atom. The lowest BCUT2D eigenvalue weighted by molar-refractivity contribution is -0.199. The normalized spacial score (nSPS) is 13.1. The van der Waals surface area contributed by atoms with Crippen LogP contribution in [0.5, 0.6) is 11.5 Å². The minimum Gasteiger partial charge on any atom is -0.429 e. The lowest BCUT2D eigenvalue weighted by atomic mass is 10.3. The van der Waals surface area contributed by atoms with Crippen LogP contribution in [0.1, 0.15) is 0 Å². The molecule has 0 spiro atoms. The first-order chi connectivity index (χ1) is 22.9. The van der Waals surface area contributed by atoms with Crippen molar-refractivity contribution < 1.29 is 53.8 Å². The van der Waals surface area contributed by atoms with E-state index in [1.54, 1.807) is 0 Å². The molecule has 0 aliphatic rings. The van der Waals surface area contributed by atoms with Crippen LogP contribution in [0.3, 0.4) is 0 Å². The first kappa shape index (κ1) is 37.0. The largest absolute Gasteiger partial charge is 0.444 e. The molecule has 0 saturated carbocycles. The number of anilines is 4. The Morgan fingerprint density at radius 1 is 0.531 bits per heavy atom. The number of amides is 4. The molecule has 0 radical (unpaired) electrons. The van der Waals surface area contributed by atoms with E-state index in [9.17, 15) is 44.3 Å². The van der Waals surface area contributed by atoms with Crippen LogP contribution in [-0.2, 0) is 9.84 Å². The minimum absolute atomic E-state index is 0.116. The van der Waals surface area contributed by atoms with Crippen molar-refractivity contribution in [2.75, 3.05) is 21.3 Å². The number of halogens is 8. The number of benzene rings is 4. The van der Waals surface area contributed by atoms with Gasteiger partial charge in [0.15, 0.2) is 0 Å². The van der Waals surface area contributed by atoms with Gasteiger partial charge in [-0.15, -0.1) is 0 Å². The van der Waals surface area contributed by atoms with E-state index in [-0.39, 0.29) is 32.5 Å². The number of hydrogen-bond donors (Lipinski definition) is 4. The second-order valence-corrected chi connectivity index (χ2v) is 12.4. The second-order valence-electron chi connectivity index (χ2n) is 9.69. The van der Waals surface area contributed by atoms with Crippen molar-refractivity contribution in [3.05, 3.63) is 97.1 Å². The zero-order valence-corrected chi connectivity index (χ0v) is 26.6. The van der Waals surface area contributed by atoms with E-state index in [2.05, 4.69) is 30.7 Å². The summed E-state index contributed by atoms with van der Waals surface area (Å²) in [6.07, 6.45) is -8.52. The molecule has 19 heteroatoms. The highest BCUT2D eigenvalue weighted by Crippen LogP contribution is 2.31. The third kappa shape index (κ3) is 10.1. The predicted octanol–water partition coefficient (Wildman–Crippen LogP) is 8.82. The summed E-state index contributed by atoms with van der Waals surface area (Å²) in [5.74, 6) is -0.804. The SMILES string of the molecule is O=C(Nc1ccc(OC(F)(F)C(F)Cl)cc1)Nc1ccc(S(=O)(=O)c2ccc(NC(=O)Nc3ccc(OC(F)(F)C(F)Cl)cc3)cc2)cc1. The molecule has 4 rings (SSSR count). The van der Waals surface area contributed by atoms with Crippen molar-refractivity contribution in [3.63, 3.8) is 0 Å². The van der Waals surface area contributed by atoms with Gasteiger partial charge in [-0.1, -0.05) is 23.2 Å². The first-order valence-electron chi connectivity index (χ1n) is 13.5. The number of urea groups is 2. The Labute approximate surface area is 284 Å². The number of alkyl halides is 8. The maximum Gasteiger partial charge on any atom is 0.444 e. The number of hydrogen-bond acceptors (Lipinski definition) is 6. The van der Waals surface area contributed by atoms with Gasteiger partial charge in [0.25, 0.3) is 11.3 Å². The van der Waals surface area contributed by atoms with Gasteiger partial charge in [0, 0.05) is 22.7 Å². The Balaban J connectivity index is 1.29. The van der Waals surface area contributed by atoms with Gasteiger partial charge in [-0.2, -0.15) is 17.6 Å². The highest BCUT2D eigenvalue weighted by Gasteiger charge is 2.42. The van der Waals surface area contributed by atoms with Gasteiger partial charge in [-0.25, -0.2) is 26.8 Å². The summed E-state index contributed by atoms with van der Waals surface area (Å²) in [5.41, 5.74) is -5.38. The van der Waals surface area contributed by atoms with Crippen LogP contribution in [-0.4, -0.2) is 44.0 Å². The summed E-state index contributed by atoms with van der Waals surface area (Å²) in [7, 11) is -4.02.